The summed E-state index contributed by atoms with van der Waals surface area (Å²) in [6.45, 7) is 4.48. The number of anilines is 1. The lowest BCUT2D eigenvalue weighted by atomic mass is 9.71. The Morgan fingerprint density at radius 3 is 2.38 bits per heavy atom. The van der Waals surface area contributed by atoms with Crippen molar-refractivity contribution in [2.24, 2.45) is 11.8 Å². The maximum absolute atomic E-state index is 3.94. The van der Waals surface area contributed by atoms with Gasteiger partial charge >= 0.3 is 0 Å². The third kappa shape index (κ3) is 3.44. The summed E-state index contributed by atoms with van der Waals surface area (Å²) in [7, 11) is 0. The molecule has 0 radical (unpaired) electrons. The highest BCUT2D eigenvalue weighted by Crippen LogP contribution is 2.39. The quantitative estimate of drug-likeness (QED) is 0.734. The first-order valence-corrected chi connectivity index (χ1v) is 9.08. The largest absolute Gasteiger partial charge is 0.382 e. The molecule has 1 aromatic carbocycles. The summed E-state index contributed by atoms with van der Waals surface area (Å²) >= 11 is 0. The third-order valence-corrected chi connectivity index (χ3v) is 6.02. The van der Waals surface area contributed by atoms with E-state index in [9.17, 15) is 0 Å². The van der Waals surface area contributed by atoms with Gasteiger partial charge in [0, 0.05) is 11.7 Å². The summed E-state index contributed by atoms with van der Waals surface area (Å²) < 4.78 is 0. The number of aryl methyl sites for hydroxylation is 1. The standard InChI is InChI=1S/C20H31N/c1-15-9-8-14-19(16(15)2)21-20-13-7-6-12-18(20)17-10-4-3-5-11-17/h8-9,14,17-18,20-21H,3-7,10-13H2,1-2H3. The van der Waals surface area contributed by atoms with Crippen LogP contribution in [-0.2, 0) is 0 Å². The summed E-state index contributed by atoms with van der Waals surface area (Å²) in [4.78, 5) is 0. The Bertz CT molecular complexity index is 459. The highest BCUT2D eigenvalue weighted by atomic mass is 14.9. The van der Waals surface area contributed by atoms with Crippen LogP contribution in [-0.4, -0.2) is 6.04 Å². The van der Waals surface area contributed by atoms with Crippen molar-refractivity contribution in [2.45, 2.75) is 77.7 Å². The highest BCUT2D eigenvalue weighted by Gasteiger charge is 2.32. The summed E-state index contributed by atoms with van der Waals surface area (Å²) in [6, 6.07) is 7.40. The number of hydrogen-bond donors (Lipinski definition) is 1. The molecule has 2 aliphatic rings. The second-order valence-corrected chi connectivity index (χ2v) is 7.34. The van der Waals surface area contributed by atoms with Gasteiger partial charge in [-0.3, -0.25) is 0 Å². The van der Waals surface area contributed by atoms with E-state index in [0.29, 0.717) is 6.04 Å². The molecule has 2 unspecified atom stereocenters. The van der Waals surface area contributed by atoms with E-state index in [1.807, 2.05) is 0 Å². The normalized spacial score (nSPS) is 27.5. The Morgan fingerprint density at radius 1 is 0.857 bits per heavy atom. The van der Waals surface area contributed by atoms with Gasteiger partial charge in [0.1, 0.15) is 0 Å². The molecule has 1 aromatic rings. The summed E-state index contributed by atoms with van der Waals surface area (Å²) in [5, 5.41) is 3.94. The molecule has 116 valence electrons. The molecule has 0 aromatic heterocycles. The first kappa shape index (κ1) is 14.9. The Balaban J connectivity index is 1.73. The van der Waals surface area contributed by atoms with Crippen LogP contribution in [0.3, 0.4) is 0 Å². The predicted octanol–water partition coefficient (Wildman–Crippen LogP) is 5.85. The minimum Gasteiger partial charge on any atom is -0.382 e. The lowest BCUT2D eigenvalue weighted by Crippen LogP contribution is -2.37. The Kier molecular flexibility index (Phi) is 4.87. The van der Waals surface area contributed by atoms with Crippen molar-refractivity contribution in [3.63, 3.8) is 0 Å². The van der Waals surface area contributed by atoms with Crippen LogP contribution in [0.4, 0.5) is 5.69 Å². The zero-order chi connectivity index (χ0) is 14.7. The van der Waals surface area contributed by atoms with Gasteiger partial charge in [-0.2, -0.15) is 0 Å². The molecular weight excluding hydrogens is 254 g/mol. The fraction of sp³-hybridized carbons (Fsp3) is 0.700. The summed E-state index contributed by atoms with van der Waals surface area (Å²) in [5.74, 6) is 1.90. The topological polar surface area (TPSA) is 12.0 Å². The van der Waals surface area contributed by atoms with E-state index < -0.39 is 0 Å². The highest BCUT2D eigenvalue weighted by molar-refractivity contribution is 5.54. The van der Waals surface area contributed by atoms with E-state index >= 15 is 0 Å². The van der Waals surface area contributed by atoms with Crippen LogP contribution in [0.25, 0.3) is 0 Å². The number of rotatable bonds is 3. The molecule has 0 aliphatic heterocycles. The van der Waals surface area contributed by atoms with Gasteiger partial charge in [0.25, 0.3) is 0 Å². The second-order valence-electron chi connectivity index (χ2n) is 7.34. The zero-order valence-corrected chi connectivity index (χ0v) is 13.8. The van der Waals surface area contributed by atoms with Gasteiger partial charge in [0.2, 0.25) is 0 Å². The van der Waals surface area contributed by atoms with Gasteiger partial charge in [0.15, 0.2) is 0 Å². The molecule has 2 atom stereocenters. The molecule has 0 bridgehead atoms. The average Bonchev–Trinajstić information content (AvgIpc) is 2.53. The van der Waals surface area contributed by atoms with E-state index in [0.717, 1.165) is 11.8 Å². The van der Waals surface area contributed by atoms with Crippen molar-refractivity contribution >= 4 is 5.69 Å². The van der Waals surface area contributed by atoms with Gasteiger partial charge in [-0.15, -0.1) is 0 Å². The van der Waals surface area contributed by atoms with Crippen LogP contribution in [0.2, 0.25) is 0 Å². The van der Waals surface area contributed by atoms with Crippen molar-refractivity contribution < 1.29 is 0 Å². The van der Waals surface area contributed by atoms with Crippen LogP contribution in [0, 0.1) is 25.7 Å². The molecule has 0 amide bonds. The molecule has 2 fully saturated rings. The Morgan fingerprint density at radius 2 is 1.57 bits per heavy atom. The van der Waals surface area contributed by atoms with Crippen molar-refractivity contribution in [1.29, 1.82) is 0 Å². The first-order chi connectivity index (χ1) is 10.3. The summed E-state index contributed by atoms with van der Waals surface area (Å²) in [6.07, 6.45) is 13.1. The number of nitrogens with one attached hydrogen (secondary N) is 1. The molecule has 21 heavy (non-hydrogen) atoms. The fourth-order valence-electron chi connectivity index (χ4n) is 4.57. The van der Waals surface area contributed by atoms with Crippen LogP contribution in [0.1, 0.15) is 68.9 Å². The first-order valence-electron chi connectivity index (χ1n) is 9.08. The SMILES string of the molecule is Cc1cccc(NC2CCCCC2C2CCCCC2)c1C. The second kappa shape index (κ2) is 6.85. The van der Waals surface area contributed by atoms with Gasteiger partial charge in [-0.25, -0.2) is 0 Å². The fourth-order valence-corrected chi connectivity index (χ4v) is 4.57. The van der Waals surface area contributed by atoms with E-state index in [-0.39, 0.29) is 0 Å². The lowest BCUT2D eigenvalue weighted by Gasteiger charge is -2.40. The smallest absolute Gasteiger partial charge is 0.0374 e. The summed E-state index contributed by atoms with van der Waals surface area (Å²) in [5.41, 5.74) is 4.22. The molecule has 0 spiro atoms. The monoisotopic (exact) mass is 285 g/mol. The molecule has 1 N–H and O–H groups in total. The average molecular weight is 285 g/mol. The van der Waals surface area contributed by atoms with Gasteiger partial charge in [-0.05, 0) is 55.7 Å². The molecule has 2 saturated carbocycles. The van der Waals surface area contributed by atoms with Crippen molar-refractivity contribution in [3.8, 4) is 0 Å². The maximum atomic E-state index is 3.94. The molecular formula is C20H31N. The molecule has 0 saturated heterocycles. The van der Waals surface area contributed by atoms with Gasteiger partial charge in [-0.1, -0.05) is 57.1 Å². The van der Waals surface area contributed by atoms with Crippen LogP contribution in [0.15, 0.2) is 18.2 Å². The van der Waals surface area contributed by atoms with Crippen LogP contribution >= 0.6 is 0 Å². The number of benzene rings is 1. The molecule has 0 heterocycles. The van der Waals surface area contributed by atoms with Crippen LogP contribution in [0.5, 0.6) is 0 Å². The van der Waals surface area contributed by atoms with Crippen LogP contribution < -0.4 is 5.32 Å². The number of hydrogen-bond acceptors (Lipinski definition) is 1. The Labute approximate surface area is 130 Å². The minimum atomic E-state index is 0.711. The van der Waals surface area contributed by atoms with E-state index in [1.54, 1.807) is 0 Å². The zero-order valence-electron chi connectivity index (χ0n) is 13.8. The minimum absolute atomic E-state index is 0.711. The maximum Gasteiger partial charge on any atom is 0.0374 e. The van der Waals surface area contributed by atoms with Crippen molar-refractivity contribution in [1.82, 2.24) is 0 Å². The van der Waals surface area contributed by atoms with E-state index in [1.165, 1.54) is 74.6 Å². The Hall–Kier alpha value is -0.980. The van der Waals surface area contributed by atoms with Gasteiger partial charge < -0.3 is 5.32 Å². The molecule has 1 nitrogen and oxygen atoms in total. The van der Waals surface area contributed by atoms with Crippen molar-refractivity contribution in [2.75, 3.05) is 5.32 Å². The predicted molar refractivity (Wildman–Crippen MR) is 91.9 cm³/mol. The van der Waals surface area contributed by atoms with E-state index in [2.05, 4.69) is 37.4 Å². The van der Waals surface area contributed by atoms with Gasteiger partial charge in [0.05, 0.1) is 0 Å². The van der Waals surface area contributed by atoms with E-state index in [4.69, 9.17) is 0 Å². The molecule has 3 rings (SSSR count). The molecule has 2 aliphatic carbocycles. The molecule has 1 heteroatoms. The third-order valence-electron chi connectivity index (χ3n) is 6.02. The van der Waals surface area contributed by atoms with Crippen molar-refractivity contribution in [3.05, 3.63) is 29.3 Å². The lowest BCUT2D eigenvalue weighted by molar-refractivity contribution is 0.180.